The average Bonchev–Trinajstić information content (AvgIpc) is 2.47. The van der Waals surface area contributed by atoms with Gasteiger partial charge in [-0.05, 0) is 73.5 Å². The molecule has 0 spiro atoms. The fourth-order valence-corrected chi connectivity index (χ4v) is 3.18. The molecule has 1 N–H and O–H groups in total. The molecule has 1 aliphatic carbocycles. The highest BCUT2D eigenvalue weighted by Gasteiger charge is 2.22. The Balaban J connectivity index is 1.94. The van der Waals surface area contributed by atoms with Crippen molar-refractivity contribution in [3.63, 3.8) is 0 Å². The zero-order valence-corrected chi connectivity index (χ0v) is 11.0. The molecular weight excluding hydrogens is 222 g/mol. The molecule has 0 atom stereocenters. The minimum absolute atomic E-state index is 0.734. The number of methoxy groups -OCH3 is 1. The Morgan fingerprint density at radius 2 is 2.06 bits per heavy atom. The fourth-order valence-electron chi connectivity index (χ4n) is 3.18. The monoisotopic (exact) mass is 243 g/mol. The quantitative estimate of drug-likeness (QED) is 0.862. The molecule has 96 valence electrons. The standard InChI is InChI=1S/C16H21NO/c1-18-14-6-5-12-3-2-4-15(16(12)11-14)13-7-9-17-10-8-13/h4-6,11,13,17H,2-3,7-10H2,1H3. The van der Waals surface area contributed by atoms with Crippen molar-refractivity contribution in [3.05, 3.63) is 35.4 Å². The molecule has 2 aliphatic rings. The van der Waals surface area contributed by atoms with Crippen LogP contribution in [-0.2, 0) is 6.42 Å². The third-order valence-electron chi connectivity index (χ3n) is 4.18. The van der Waals surface area contributed by atoms with Gasteiger partial charge in [0.25, 0.3) is 0 Å². The van der Waals surface area contributed by atoms with Crippen LogP contribution in [-0.4, -0.2) is 20.2 Å². The number of fused-ring (bicyclic) bond motifs is 1. The second-order valence-corrected chi connectivity index (χ2v) is 5.25. The fraction of sp³-hybridized carbons (Fsp3) is 0.500. The van der Waals surface area contributed by atoms with Gasteiger partial charge in [-0.25, -0.2) is 0 Å². The average molecular weight is 243 g/mol. The van der Waals surface area contributed by atoms with Gasteiger partial charge in [0.1, 0.15) is 5.75 Å². The van der Waals surface area contributed by atoms with E-state index in [1.54, 1.807) is 12.7 Å². The molecular formula is C16H21NO. The van der Waals surface area contributed by atoms with Gasteiger partial charge in [-0.2, -0.15) is 0 Å². The first-order chi connectivity index (χ1) is 8.88. The summed E-state index contributed by atoms with van der Waals surface area (Å²) in [4.78, 5) is 0. The van der Waals surface area contributed by atoms with E-state index in [9.17, 15) is 0 Å². The molecule has 0 saturated carbocycles. The summed E-state index contributed by atoms with van der Waals surface area (Å²) in [5.41, 5.74) is 4.50. The summed E-state index contributed by atoms with van der Waals surface area (Å²) >= 11 is 0. The minimum atomic E-state index is 0.734. The van der Waals surface area contributed by atoms with Crippen LogP contribution in [0.15, 0.2) is 24.3 Å². The van der Waals surface area contributed by atoms with Crippen LogP contribution < -0.4 is 10.1 Å². The largest absolute Gasteiger partial charge is 0.497 e. The van der Waals surface area contributed by atoms with E-state index < -0.39 is 0 Å². The van der Waals surface area contributed by atoms with E-state index in [0.717, 1.165) is 24.8 Å². The minimum Gasteiger partial charge on any atom is -0.497 e. The molecule has 0 unspecified atom stereocenters. The molecule has 1 fully saturated rings. The summed E-state index contributed by atoms with van der Waals surface area (Å²) in [7, 11) is 1.75. The first-order valence-electron chi connectivity index (χ1n) is 6.96. The van der Waals surface area contributed by atoms with Crippen molar-refractivity contribution in [2.45, 2.75) is 25.7 Å². The highest BCUT2D eigenvalue weighted by atomic mass is 16.5. The topological polar surface area (TPSA) is 21.3 Å². The van der Waals surface area contributed by atoms with Crippen LogP contribution >= 0.6 is 0 Å². The van der Waals surface area contributed by atoms with Gasteiger partial charge in [0.05, 0.1) is 7.11 Å². The summed E-state index contributed by atoms with van der Waals surface area (Å²) in [5, 5.41) is 3.45. The van der Waals surface area contributed by atoms with Crippen LogP contribution in [0, 0.1) is 5.92 Å². The van der Waals surface area contributed by atoms with Gasteiger partial charge in [0, 0.05) is 0 Å². The molecule has 1 heterocycles. The summed E-state index contributed by atoms with van der Waals surface area (Å²) < 4.78 is 5.38. The predicted molar refractivity (Wildman–Crippen MR) is 74.9 cm³/mol. The first kappa shape index (κ1) is 11.8. The number of aryl methyl sites for hydroxylation is 1. The van der Waals surface area contributed by atoms with Gasteiger partial charge in [0.2, 0.25) is 0 Å². The summed E-state index contributed by atoms with van der Waals surface area (Å²) in [6.07, 6.45) is 7.36. The molecule has 0 radical (unpaired) electrons. The normalized spacial score (nSPS) is 20.2. The van der Waals surface area contributed by atoms with Gasteiger partial charge >= 0.3 is 0 Å². The van der Waals surface area contributed by atoms with E-state index in [2.05, 4.69) is 29.6 Å². The molecule has 1 aliphatic heterocycles. The number of ether oxygens (including phenoxy) is 1. The summed E-state index contributed by atoms with van der Waals surface area (Å²) in [6, 6.07) is 6.55. The van der Waals surface area contributed by atoms with Crippen molar-refractivity contribution in [2.24, 2.45) is 5.92 Å². The highest BCUT2D eigenvalue weighted by molar-refractivity contribution is 5.73. The van der Waals surface area contributed by atoms with Crippen LogP contribution in [0.2, 0.25) is 0 Å². The molecule has 1 saturated heterocycles. The number of benzene rings is 1. The number of nitrogens with one attached hydrogen (secondary N) is 1. The Labute approximate surface area is 109 Å². The number of hydrogen-bond donors (Lipinski definition) is 1. The Bertz CT molecular complexity index is 458. The van der Waals surface area contributed by atoms with Crippen LogP contribution in [0.5, 0.6) is 5.75 Å². The van der Waals surface area contributed by atoms with E-state index in [0.29, 0.717) is 0 Å². The maximum Gasteiger partial charge on any atom is 0.119 e. The Hall–Kier alpha value is -1.28. The Morgan fingerprint density at radius 1 is 1.22 bits per heavy atom. The first-order valence-corrected chi connectivity index (χ1v) is 6.96. The molecule has 0 aromatic heterocycles. The highest BCUT2D eigenvalue weighted by Crippen LogP contribution is 2.37. The van der Waals surface area contributed by atoms with Gasteiger partial charge < -0.3 is 10.1 Å². The molecule has 3 rings (SSSR count). The predicted octanol–water partition coefficient (Wildman–Crippen LogP) is 3.02. The lowest BCUT2D eigenvalue weighted by Gasteiger charge is -2.29. The number of rotatable bonds is 2. The summed E-state index contributed by atoms with van der Waals surface area (Å²) in [6.45, 7) is 2.31. The number of hydrogen-bond acceptors (Lipinski definition) is 2. The van der Waals surface area contributed by atoms with Crippen molar-refractivity contribution in [3.8, 4) is 5.75 Å². The van der Waals surface area contributed by atoms with Crippen molar-refractivity contribution in [1.29, 1.82) is 0 Å². The van der Waals surface area contributed by atoms with E-state index >= 15 is 0 Å². The Morgan fingerprint density at radius 3 is 2.83 bits per heavy atom. The van der Waals surface area contributed by atoms with E-state index in [-0.39, 0.29) is 0 Å². The van der Waals surface area contributed by atoms with Crippen molar-refractivity contribution in [1.82, 2.24) is 5.32 Å². The SMILES string of the molecule is COc1ccc2c(c1)C(C1CCNCC1)=CCC2. The van der Waals surface area contributed by atoms with Crippen LogP contribution in [0.3, 0.4) is 0 Å². The van der Waals surface area contributed by atoms with Crippen molar-refractivity contribution < 1.29 is 4.74 Å². The molecule has 0 bridgehead atoms. The number of piperidine rings is 1. The van der Waals surface area contributed by atoms with Crippen LogP contribution in [0.25, 0.3) is 5.57 Å². The van der Waals surface area contributed by atoms with Crippen LogP contribution in [0.1, 0.15) is 30.4 Å². The van der Waals surface area contributed by atoms with Crippen LogP contribution in [0.4, 0.5) is 0 Å². The third kappa shape index (κ3) is 2.17. The Kier molecular flexibility index (Phi) is 3.37. The lowest BCUT2D eigenvalue weighted by atomic mass is 9.80. The van der Waals surface area contributed by atoms with E-state index in [1.165, 1.54) is 36.8 Å². The second kappa shape index (κ2) is 5.15. The zero-order valence-electron chi connectivity index (χ0n) is 11.0. The lowest BCUT2D eigenvalue weighted by Crippen LogP contribution is -2.28. The van der Waals surface area contributed by atoms with Gasteiger partial charge in [-0.15, -0.1) is 0 Å². The number of allylic oxidation sites excluding steroid dienone is 2. The third-order valence-corrected chi connectivity index (χ3v) is 4.18. The molecule has 18 heavy (non-hydrogen) atoms. The van der Waals surface area contributed by atoms with E-state index in [1.807, 2.05) is 0 Å². The van der Waals surface area contributed by atoms with Crippen molar-refractivity contribution in [2.75, 3.05) is 20.2 Å². The van der Waals surface area contributed by atoms with Gasteiger partial charge in [-0.1, -0.05) is 12.1 Å². The molecule has 1 aromatic carbocycles. The molecule has 2 heteroatoms. The molecule has 0 amide bonds. The maximum atomic E-state index is 5.38. The van der Waals surface area contributed by atoms with Gasteiger partial charge in [-0.3, -0.25) is 0 Å². The smallest absolute Gasteiger partial charge is 0.119 e. The van der Waals surface area contributed by atoms with Crippen molar-refractivity contribution >= 4 is 5.57 Å². The van der Waals surface area contributed by atoms with Gasteiger partial charge in [0.15, 0.2) is 0 Å². The molecule has 2 nitrogen and oxygen atoms in total. The summed E-state index contributed by atoms with van der Waals surface area (Å²) in [5.74, 6) is 1.72. The lowest BCUT2D eigenvalue weighted by molar-refractivity contribution is 0.414. The zero-order chi connectivity index (χ0) is 12.4. The maximum absolute atomic E-state index is 5.38. The second-order valence-electron chi connectivity index (χ2n) is 5.25. The molecule has 1 aromatic rings. The van der Waals surface area contributed by atoms with E-state index in [4.69, 9.17) is 4.74 Å².